The zero-order chi connectivity index (χ0) is 16.9. The number of H-pyrrole nitrogens is 3. The van der Waals surface area contributed by atoms with Crippen LogP contribution in [0, 0.1) is 0 Å². The molecule has 5 heterocycles. The van der Waals surface area contributed by atoms with E-state index in [4.69, 9.17) is 5.73 Å². The molecule has 0 fully saturated rings. The number of aromatic amines is 3. The van der Waals surface area contributed by atoms with Crippen LogP contribution in [0.25, 0.3) is 24.3 Å². The maximum Gasteiger partial charge on any atom is 0.149 e. The van der Waals surface area contributed by atoms with Crippen molar-refractivity contribution in [3.63, 3.8) is 0 Å². The molecule has 0 aliphatic carbocycles. The number of hydrogen-bond donors (Lipinski definition) is 4. The predicted octanol–water partition coefficient (Wildman–Crippen LogP) is -0.431. The Labute approximate surface area is 143 Å². The predicted molar refractivity (Wildman–Crippen MR) is 100 cm³/mol. The van der Waals surface area contributed by atoms with E-state index in [1.165, 1.54) is 0 Å². The van der Waals surface area contributed by atoms with Crippen LogP contribution in [0.4, 0.5) is 0 Å². The molecule has 2 aliphatic heterocycles. The highest BCUT2D eigenvalue weighted by molar-refractivity contribution is 6.18. The molecule has 0 spiro atoms. The number of nitrogens with one attached hydrogen (secondary N) is 3. The number of fused-ring (bicyclic) bond motifs is 7. The van der Waals surface area contributed by atoms with Gasteiger partial charge in [-0.1, -0.05) is 0 Å². The molecule has 0 saturated carbocycles. The molecule has 5 N–H and O–H groups in total. The van der Waals surface area contributed by atoms with Crippen LogP contribution in [-0.2, 0) is 0 Å². The van der Waals surface area contributed by atoms with Gasteiger partial charge in [-0.25, -0.2) is 0 Å². The van der Waals surface area contributed by atoms with Crippen LogP contribution in [0.15, 0.2) is 53.5 Å². The van der Waals surface area contributed by atoms with Crippen molar-refractivity contribution in [2.45, 2.75) is 5.66 Å². The Bertz CT molecular complexity index is 1260. The minimum atomic E-state index is -0.827. The molecule has 5 heteroatoms. The van der Waals surface area contributed by atoms with Gasteiger partial charge in [0.15, 0.2) is 0 Å². The van der Waals surface area contributed by atoms with Crippen molar-refractivity contribution >= 4 is 30.0 Å². The number of aromatic nitrogens is 3. The molecule has 1 unspecified atom stereocenters. The fourth-order valence-corrected chi connectivity index (χ4v) is 3.22. The molecule has 2 aliphatic rings. The summed E-state index contributed by atoms with van der Waals surface area (Å²) in [6, 6.07) is 12.2. The van der Waals surface area contributed by atoms with Crippen LogP contribution in [0.2, 0.25) is 0 Å². The highest BCUT2D eigenvalue weighted by Gasteiger charge is 2.21. The summed E-state index contributed by atoms with van der Waals surface area (Å²) < 4.78 is 0. The summed E-state index contributed by atoms with van der Waals surface area (Å²) in [7, 11) is 0. The second-order valence-corrected chi connectivity index (χ2v) is 6.44. The smallest absolute Gasteiger partial charge is 0.149 e. The number of hydrogen-bond acceptors (Lipinski definition) is 2. The molecule has 0 radical (unpaired) electrons. The first-order valence-corrected chi connectivity index (χ1v) is 8.19. The lowest BCUT2D eigenvalue weighted by molar-refractivity contribution is 0.749. The van der Waals surface area contributed by atoms with Gasteiger partial charge >= 0.3 is 0 Å². The van der Waals surface area contributed by atoms with E-state index in [1.807, 2.05) is 48.6 Å². The van der Waals surface area contributed by atoms with Gasteiger partial charge in [-0.3, -0.25) is 4.99 Å². The molecule has 0 aromatic carbocycles. The van der Waals surface area contributed by atoms with E-state index >= 15 is 0 Å². The summed E-state index contributed by atoms with van der Waals surface area (Å²) in [6.07, 6.45) is 11.9. The zero-order valence-electron chi connectivity index (χ0n) is 13.5. The van der Waals surface area contributed by atoms with Crippen LogP contribution in [-0.4, -0.2) is 26.3 Å². The maximum absolute atomic E-state index is 6.39. The van der Waals surface area contributed by atoms with Crippen LogP contribution in [0.3, 0.4) is 0 Å². The molecule has 25 heavy (non-hydrogen) atoms. The Morgan fingerprint density at radius 3 is 2.04 bits per heavy atom. The van der Waals surface area contributed by atoms with Crippen molar-refractivity contribution in [2.75, 3.05) is 0 Å². The first kappa shape index (κ1) is 14.1. The molecular formula is C20H17N5. The van der Waals surface area contributed by atoms with Crippen molar-refractivity contribution in [1.29, 1.82) is 0 Å². The van der Waals surface area contributed by atoms with E-state index in [9.17, 15) is 0 Å². The molecule has 5 nitrogen and oxygen atoms in total. The average molecular weight is 327 g/mol. The molecule has 8 bridgehead atoms. The largest absolute Gasteiger partial charge is 0.356 e. The first-order chi connectivity index (χ1) is 12.1. The van der Waals surface area contributed by atoms with E-state index in [2.05, 4.69) is 44.2 Å². The van der Waals surface area contributed by atoms with Crippen molar-refractivity contribution in [2.24, 2.45) is 10.7 Å². The summed E-state index contributed by atoms with van der Waals surface area (Å²) in [4.78, 5) is 14.8. The number of nitrogens with two attached hydrogens (primary N) is 1. The molecule has 122 valence electrons. The number of aliphatic imine (C=N–C) groups is 1. The fourth-order valence-electron chi connectivity index (χ4n) is 3.22. The van der Waals surface area contributed by atoms with Crippen LogP contribution >= 0.6 is 0 Å². The van der Waals surface area contributed by atoms with Gasteiger partial charge in [-0.05, 0) is 72.9 Å². The molecule has 3 aromatic heterocycles. The first-order valence-electron chi connectivity index (χ1n) is 8.19. The quantitative estimate of drug-likeness (QED) is 0.444. The molecular weight excluding hydrogens is 310 g/mol. The summed E-state index contributed by atoms with van der Waals surface area (Å²) in [5.41, 5.74) is 8.49. The zero-order valence-corrected chi connectivity index (χ0v) is 13.5. The van der Waals surface area contributed by atoms with E-state index in [0.29, 0.717) is 0 Å². The second-order valence-electron chi connectivity index (χ2n) is 6.44. The SMILES string of the molecule is NC12C=CC(=N1)C=c1cc/c([nH]1)=C/c1ccc([nH]1)/C=c1/ccc([nH]1)=C2. The van der Waals surface area contributed by atoms with Gasteiger partial charge in [0.25, 0.3) is 0 Å². The molecule has 1 atom stereocenters. The topological polar surface area (TPSA) is 85.8 Å². The van der Waals surface area contributed by atoms with Gasteiger partial charge in [0.1, 0.15) is 5.66 Å². The lowest BCUT2D eigenvalue weighted by Crippen LogP contribution is -2.33. The molecule has 0 saturated heterocycles. The van der Waals surface area contributed by atoms with Crippen molar-refractivity contribution in [1.82, 2.24) is 15.0 Å². The Morgan fingerprint density at radius 2 is 1.32 bits per heavy atom. The van der Waals surface area contributed by atoms with Gasteiger partial charge in [-0.15, -0.1) is 0 Å². The number of nitrogens with zero attached hydrogens (tertiary/aromatic N) is 1. The standard InChI is InChI=1S/C20H17N5/c21-20-8-7-18(25-20)11-17-4-3-14(23-17)9-13-1-2-15(22-13)10-16-5-6-19(12-20)24-16/h1-12,22-24H,21H2/b14-9-,16-10-,17-11?,19-12?. The summed E-state index contributed by atoms with van der Waals surface area (Å²) in [5.74, 6) is 0. The van der Waals surface area contributed by atoms with Crippen LogP contribution in [0.1, 0.15) is 11.4 Å². The molecule has 0 amide bonds. The second kappa shape index (κ2) is 5.09. The van der Waals surface area contributed by atoms with E-state index in [0.717, 1.165) is 38.5 Å². The minimum absolute atomic E-state index is 0.827. The van der Waals surface area contributed by atoms with Crippen molar-refractivity contribution in [3.8, 4) is 0 Å². The van der Waals surface area contributed by atoms with Gasteiger partial charge < -0.3 is 20.7 Å². The van der Waals surface area contributed by atoms with Gasteiger partial charge in [-0.2, -0.15) is 0 Å². The fraction of sp³-hybridized carbons (Fsp3) is 0.0500. The van der Waals surface area contributed by atoms with E-state index < -0.39 is 5.66 Å². The van der Waals surface area contributed by atoms with E-state index in [1.54, 1.807) is 0 Å². The van der Waals surface area contributed by atoms with E-state index in [-0.39, 0.29) is 0 Å². The lowest BCUT2D eigenvalue weighted by atomic mass is 10.2. The molecule has 3 aromatic rings. The Balaban J connectivity index is 1.78. The normalized spacial score (nSPS) is 23.6. The third-order valence-electron chi connectivity index (χ3n) is 4.35. The van der Waals surface area contributed by atoms with Crippen LogP contribution < -0.4 is 27.1 Å². The van der Waals surface area contributed by atoms with Gasteiger partial charge in [0.2, 0.25) is 0 Å². The summed E-state index contributed by atoms with van der Waals surface area (Å²) in [5, 5.41) is 3.97. The lowest BCUT2D eigenvalue weighted by Gasteiger charge is -2.11. The highest BCUT2D eigenvalue weighted by atomic mass is 15.0. The Morgan fingerprint density at radius 1 is 0.720 bits per heavy atom. The number of rotatable bonds is 0. The van der Waals surface area contributed by atoms with Gasteiger partial charge in [0.05, 0.1) is 5.71 Å². The van der Waals surface area contributed by atoms with Crippen molar-refractivity contribution in [3.05, 3.63) is 81.3 Å². The third-order valence-corrected chi connectivity index (χ3v) is 4.35. The minimum Gasteiger partial charge on any atom is -0.356 e. The Kier molecular flexibility index (Phi) is 2.87. The monoisotopic (exact) mass is 327 g/mol. The van der Waals surface area contributed by atoms with Crippen molar-refractivity contribution < 1.29 is 0 Å². The molecule has 5 rings (SSSR count). The average Bonchev–Trinajstić information content (AvgIpc) is 3.32. The van der Waals surface area contributed by atoms with Crippen LogP contribution in [0.5, 0.6) is 0 Å². The maximum atomic E-state index is 6.39. The summed E-state index contributed by atoms with van der Waals surface area (Å²) >= 11 is 0. The van der Waals surface area contributed by atoms with Gasteiger partial charge in [0, 0.05) is 32.8 Å². The highest BCUT2D eigenvalue weighted by Crippen LogP contribution is 2.15. The summed E-state index contributed by atoms with van der Waals surface area (Å²) in [6.45, 7) is 0. The Hall–Kier alpha value is -3.31. The third kappa shape index (κ3) is 2.70. The number of allylic oxidation sites excluding steroid dienone is 1.